The molecule has 15 heavy (non-hydrogen) atoms. The Hall–Kier alpha value is -0.160. The Morgan fingerprint density at radius 3 is 2.40 bits per heavy atom. The SMILES string of the molecule is C1CC(OCCN2CCNCC2)CCN1. The molecule has 0 aliphatic carbocycles. The van der Waals surface area contributed by atoms with Crippen LogP contribution in [-0.2, 0) is 4.74 Å². The summed E-state index contributed by atoms with van der Waals surface area (Å²) in [6.07, 6.45) is 2.87. The minimum Gasteiger partial charge on any atom is -0.377 e. The second kappa shape index (κ2) is 6.43. The molecular weight excluding hydrogens is 190 g/mol. The summed E-state index contributed by atoms with van der Waals surface area (Å²) in [5, 5.41) is 6.72. The van der Waals surface area contributed by atoms with E-state index in [4.69, 9.17) is 4.74 Å². The van der Waals surface area contributed by atoms with Crippen LogP contribution in [0.2, 0.25) is 0 Å². The number of hydrogen-bond donors (Lipinski definition) is 2. The molecule has 0 aromatic rings. The van der Waals surface area contributed by atoms with E-state index >= 15 is 0 Å². The first-order chi connectivity index (χ1) is 7.45. The summed E-state index contributed by atoms with van der Waals surface area (Å²) >= 11 is 0. The van der Waals surface area contributed by atoms with Crippen molar-refractivity contribution in [2.45, 2.75) is 18.9 Å². The maximum Gasteiger partial charge on any atom is 0.0600 e. The topological polar surface area (TPSA) is 36.5 Å². The Labute approximate surface area is 92.4 Å². The Morgan fingerprint density at radius 2 is 1.67 bits per heavy atom. The molecule has 0 unspecified atom stereocenters. The molecule has 4 nitrogen and oxygen atoms in total. The van der Waals surface area contributed by atoms with Crippen LogP contribution in [0.15, 0.2) is 0 Å². The molecule has 2 saturated heterocycles. The third kappa shape index (κ3) is 4.07. The third-order valence-corrected chi connectivity index (χ3v) is 3.26. The van der Waals surface area contributed by atoms with Crippen LogP contribution in [-0.4, -0.2) is 63.4 Å². The highest BCUT2D eigenvalue weighted by atomic mass is 16.5. The van der Waals surface area contributed by atoms with Gasteiger partial charge in [0, 0.05) is 32.7 Å². The fourth-order valence-corrected chi connectivity index (χ4v) is 2.25. The molecule has 0 radical (unpaired) electrons. The van der Waals surface area contributed by atoms with Crippen molar-refractivity contribution < 1.29 is 4.74 Å². The van der Waals surface area contributed by atoms with Crippen LogP contribution in [0.1, 0.15) is 12.8 Å². The lowest BCUT2D eigenvalue weighted by Crippen LogP contribution is -2.45. The summed E-state index contributed by atoms with van der Waals surface area (Å²) in [7, 11) is 0. The van der Waals surface area contributed by atoms with Crippen LogP contribution < -0.4 is 10.6 Å². The molecule has 4 heteroatoms. The zero-order chi connectivity index (χ0) is 10.3. The van der Waals surface area contributed by atoms with Gasteiger partial charge in [-0.3, -0.25) is 4.90 Å². The molecular formula is C11H23N3O. The van der Waals surface area contributed by atoms with Gasteiger partial charge in [-0.2, -0.15) is 0 Å². The van der Waals surface area contributed by atoms with Gasteiger partial charge < -0.3 is 15.4 Å². The van der Waals surface area contributed by atoms with Gasteiger partial charge in [0.25, 0.3) is 0 Å². The van der Waals surface area contributed by atoms with Crippen LogP contribution in [0.4, 0.5) is 0 Å². The summed E-state index contributed by atoms with van der Waals surface area (Å²) < 4.78 is 5.88. The Bertz CT molecular complexity index is 147. The molecule has 0 aromatic heterocycles. The first-order valence-electron chi connectivity index (χ1n) is 6.20. The van der Waals surface area contributed by atoms with E-state index in [0.29, 0.717) is 6.10 Å². The predicted molar refractivity (Wildman–Crippen MR) is 61.2 cm³/mol. The maximum absolute atomic E-state index is 5.88. The van der Waals surface area contributed by atoms with Crippen LogP contribution in [0, 0.1) is 0 Å². The number of nitrogens with zero attached hydrogens (tertiary/aromatic N) is 1. The summed E-state index contributed by atoms with van der Waals surface area (Å²) in [6.45, 7) is 8.87. The number of nitrogens with one attached hydrogen (secondary N) is 2. The average molecular weight is 213 g/mol. The molecule has 0 spiro atoms. The quantitative estimate of drug-likeness (QED) is 0.670. The van der Waals surface area contributed by atoms with Gasteiger partial charge in [0.2, 0.25) is 0 Å². The lowest BCUT2D eigenvalue weighted by molar-refractivity contribution is 0.0187. The number of rotatable bonds is 4. The molecule has 0 atom stereocenters. The van der Waals surface area contributed by atoms with Gasteiger partial charge in [-0.15, -0.1) is 0 Å². The van der Waals surface area contributed by atoms with E-state index in [9.17, 15) is 0 Å². The summed E-state index contributed by atoms with van der Waals surface area (Å²) in [5.74, 6) is 0. The second-order valence-electron chi connectivity index (χ2n) is 4.41. The van der Waals surface area contributed by atoms with Gasteiger partial charge in [-0.1, -0.05) is 0 Å². The first kappa shape index (κ1) is 11.3. The third-order valence-electron chi connectivity index (χ3n) is 3.26. The second-order valence-corrected chi connectivity index (χ2v) is 4.41. The first-order valence-corrected chi connectivity index (χ1v) is 6.20. The molecule has 2 rings (SSSR count). The van der Waals surface area contributed by atoms with Crippen LogP contribution >= 0.6 is 0 Å². The number of piperazine rings is 1. The summed E-state index contributed by atoms with van der Waals surface area (Å²) in [6, 6.07) is 0. The highest BCUT2D eigenvalue weighted by molar-refractivity contribution is 4.70. The van der Waals surface area contributed by atoms with Gasteiger partial charge in [-0.05, 0) is 25.9 Å². The molecule has 0 aromatic carbocycles. The normalized spacial score (nSPS) is 25.6. The highest BCUT2D eigenvalue weighted by Gasteiger charge is 2.14. The average Bonchev–Trinajstić information content (AvgIpc) is 2.32. The van der Waals surface area contributed by atoms with E-state index in [-0.39, 0.29) is 0 Å². The van der Waals surface area contributed by atoms with Gasteiger partial charge in [0.1, 0.15) is 0 Å². The van der Waals surface area contributed by atoms with Gasteiger partial charge in [-0.25, -0.2) is 0 Å². The zero-order valence-electron chi connectivity index (χ0n) is 9.50. The lowest BCUT2D eigenvalue weighted by atomic mass is 10.1. The van der Waals surface area contributed by atoms with Crippen molar-refractivity contribution in [2.24, 2.45) is 0 Å². The number of ether oxygens (including phenoxy) is 1. The molecule has 88 valence electrons. The van der Waals surface area contributed by atoms with Crippen LogP contribution in [0.25, 0.3) is 0 Å². The zero-order valence-corrected chi connectivity index (χ0v) is 9.50. The molecule has 2 fully saturated rings. The van der Waals surface area contributed by atoms with E-state index < -0.39 is 0 Å². The van der Waals surface area contributed by atoms with Crippen molar-refractivity contribution in [3.8, 4) is 0 Å². The van der Waals surface area contributed by atoms with Gasteiger partial charge in [0.05, 0.1) is 12.7 Å². The van der Waals surface area contributed by atoms with E-state index in [1.165, 1.54) is 25.9 Å². The largest absolute Gasteiger partial charge is 0.377 e. The fourth-order valence-electron chi connectivity index (χ4n) is 2.25. The lowest BCUT2D eigenvalue weighted by Gasteiger charge is -2.28. The molecule has 0 amide bonds. The molecule has 2 aliphatic heterocycles. The Morgan fingerprint density at radius 1 is 1.00 bits per heavy atom. The van der Waals surface area contributed by atoms with Crippen LogP contribution in [0.3, 0.4) is 0 Å². The maximum atomic E-state index is 5.88. The monoisotopic (exact) mass is 213 g/mol. The number of hydrogen-bond acceptors (Lipinski definition) is 4. The molecule has 0 saturated carbocycles. The Balaban J connectivity index is 1.53. The predicted octanol–water partition coefficient (Wildman–Crippen LogP) is -0.340. The Kier molecular flexibility index (Phi) is 4.86. The van der Waals surface area contributed by atoms with E-state index in [0.717, 1.165) is 39.3 Å². The molecule has 2 heterocycles. The summed E-state index contributed by atoms with van der Waals surface area (Å²) in [4.78, 5) is 2.48. The minimum absolute atomic E-state index is 0.508. The van der Waals surface area contributed by atoms with Crippen molar-refractivity contribution in [2.75, 3.05) is 52.4 Å². The highest BCUT2D eigenvalue weighted by Crippen LogP contribution is 2.06. The minimum atomic E-state index is 0.508. The standard InChI is InChI=1S/C11H23N3O/c1-3-12-4-2-11(1)15-10-9-14-7-5-13-6-8-14/h11-13H,1-10H2. The van der Waals surface area contributed by atoms with E-state index in [1.54, 1.807) is 0 Å². The van der Waals surface area contributed by atoms with E-state index in [1.807, 2.05) is 0 Å². The van der Waals surface area contributed by atoms with Crippen molar-refractivity contribution in [3.05, 3.63) is 0 Å². The van der Waals surface area contributed by atoms with Crippen LogP contribution in [0.5, 0.6) is 0 Å². The van der Waals surface area contributed by atoms with E-state index in [2.05, 4.69) is 15.5 Å². The molecule has 2 N–H and O–H groups in total. The molecule has 0 bridgehead atoms. The number of piperidine rings is 1. The summed E-state index contributed by atoms with van der Waals surface area (Å²) in [5.41, 5.74) is 0. The fraction of sp³-hybridized carbons (Fsp3) is 1.00. The van der Waals surface area contributed by atoms with Crippen molar-refractivity contribution in [1.29, 1.82) is 0 Å². The van der Waals surface area contributed by atoms with Gasteiger partial charge >= 0.3 is 0 Å². The van der Waals surface area contributed by atoms with Crippen molar-refractivity contribution in [1.82, 2.24) is 15.5 Å². The van der Waals surface area contributed by atoms with Crippen molar-refractivity contribution in [3.63, 3.8) is 0 Å². The molecule has 2 aliphatic rings. The smallest absolute Gasteiger partial charge is 0.0600 e. The van der Waals surface area contributed by atoms with Crippen molar-refractivity contribution >= 4 is 0 Å². The van der Waals surface area contributed by atoms with Gasteiger partial charge in [0.15, 0.2) is 0 Å².